The van der Waals surface area contributed by atoms with Gasteiger partial charge in [0, 0.05) is 12.0 Å². The number of Topliss-reactive ketones (excluding diaryl/α,β-unsaturated/α-hetero) is 1. The van der Waals surface area contributed by atoms with Crippen LogP contribution in [0, 0.1) is 0 Å². The molecule has 0 aliphatic rings. The molecule has 0 heterocycles. The average Bonchev–Trinajstić information content (AvgIpc) is 2.84. The fraction of sp³-hybridized carbons (Fsp3) is 0.231. The fourth-order valence-electron chi connectivity index (χ4n) is 3.56. The molecule has 3 aromatic rings. The van der Waals surface area contributed by atoms with Crippen molar-refractivity contribution in [1.29, 1.82) is 0 Å². The Balaban J connectivity index is 1.98. The van der Waals surface area contributed by atoms with Crippen LogP contribution in [0.1, 0.15) is 46.0 Å². The van der Waals surface area contributed by atoms with Crippen LogP contribution in [0.3, 0.4) is 0 Å². The van der Waals surface area contributed by atoms with Gasteiger partial charge in [-0.25, -0.2) is 4.79 Å². The van der Waals surface area contributed by atoms with Crippen LogP contribution in [0.5, 0.6) is 5.75 Å². The average molecular weight is 434 g/mol. The highest BCUT2D eigenvalue weighted by Crippen LogP contribution is 2.35. The van der Waals surface area contributed by atoms with Gasteiger partial charge in [-0.1, -0.05) is 67.6 Å². The minimum atomic E-state index is -2.10. The third-order valence-corrected chi connectivity index (χ3v) is 5.47. The number of ketones is 1. The molecular formula is C26H27NO5. The number of ether oxygens (including phenoxy) is 2. The predicted molar refractivity (Wildman–Crippen MR) is 121 cm³/mol. The molecule has 32 heavy (non-hydrogen) atoms. The molecule has 0 bridgehead atoms. The second kappa shape index (κ2) is 9.77. The Kier molecular flexibility index (Phi) is 7.08. The first kappa shape index (κ1) is 23.2. The highest BCUT2D eigenvalue weighted by Gasteiger charge is 2.46. The lowest BCUT2D eigenvalue weighted by molar-refractivity contribution is -0.0649. The van der Waals surface area contributed by atoms with Crippen molar-refractivity contribution in [2.24, 2.45) is 5.73 Å². The van der Waals surface area contributed by atoms with E-state index >= 15 is 0 Å². The molecule has 6 nitrogen and oxygen atoms in total. The predicted octanol–water partition coefficient (Wildman–Crippen LogP) is 4.08. The summed E-state index contributed by atoms with van der Waals surface area (Å²) in [6.45, 7) is 1.78. The van der Waals surface area contributed by atoms with Crippen molar-refractivity contribution in [3.05, 3.63) is 102 Å². The molecule has 0 aliphatic carbocycles. The van der Waals surface area contributed by atoms with E-state index in [4.69, 9.17) is 15.2 Å². The Hall–Kier alpha value is -3.48. The second-order valence-electron chi connectivity index (χ2n) is 7.63. The summed E-state index contributed by atoms with van der Waals surface area (Å²) in [7, 11) is 1.52. The van der Waals surface area contributed by atoms with Gasteiger partial charge in [0.25, 0.3) is 0 Å². The highest BCUT2D eigenvalue weighted by molar-refractivity contribution is 6.04. The van der Waals surface area contributed by atoms with Crippen molar-refractivity contribution < 1.29 is 24.2 Å². The van der Waals surface area contributed by atoms with Crippen LogP contribution in [-0.4, -0.2) is 29.7 Å². The van der Waals surface area contributed by atoms with Gasteiger partial charge < -0.3 is 14.6 Å². The number of rotatable bonds is 9. The van der Waals surface area contributed by atoms with Crippen LogP contribution in [0.15, 0.2) is 84.9 Å². The van der Waals surface area contributed by atoms with Gasteiger partial charge in [-0.05, 0) is 36.2 Å². The Labute approximate surface area is 187 Å². The van der Waals surface area contributed by atoms with E-state index < -0.39 is 23.1 Å². The zero-order chi connectivity index (χ0) is 23.2. The van der Waals surface area contributed by atoms with Gasteiger partial charge in [-0.15, -0.1) is 0 Å². The Morgan fingerprint density at radius 3 is 1.97 bits per heavy atom. The fourth-order valence-corrected chi connectivity index (χ4v) is 3.56. The highest BCUT2D eigenvalue weighted by atomic mass is 16.6. The van der Waals surface area contributed by atoms with Crippen molar-refractivity contribution in [3.63, 3.8) is 0 Å². The largest absolute Gasteiger partial charge is 0.497 e. The van der Waals surface area contributed by atoms with Gasteiger partial charge in [0.05, 0.1) is 18.3 Å². The molecule has 3 N–H and O–H groups in total. The second-order valence-corrected chi connectivity index (χ2v) is 7.63. The van der Waals surface area contributed by atoms with Gasteiger partial charge in [0.15, 0.2) is 0 Å². The number of methoxy groups -OCH3 is 1. The number of carbonyl (C=O) groups excluding carboxylic acids is 2. The molecule has 0 saturated carbocycles. The van der Waals surface area contributed by atoms with E-state index in [1.807, 2.05) is 6.07 Å². The smallest absolute Gasteiger partial charge is 0.340 e. The molecule has 0 amide bonds. The maximum Gasteiger partial charge on any atom is 0.340 e. The summed E-state index contributed by atoms with van der Waals surface area (Å²) in [5.74, 6) is -0.793. The molecule has 0 spiro atoms. The summed E-state index contributed by atoms with van der Waals surface area (Å²) >= 11 is 0. The topological polar surface area (TPSA) is 98.9 Å². The van der Waals surface area contributed by atoms with Gasteiger partial charge >= 0.3 is 5.97 Å². The monoisotopic (exact) mass is 433 g/mol. The van der Waals surface area contributed by atoms with Crippen molar-refractivity contribution >= 4 is 11.8 Å². The lowest BCUT2D eigenvalue weighted by atomic mass is 9.81. The molecule has 0 fully saturated rings. The number of aliphatic hydroxyl groups is 1. The normalized spacial score (nSPS) is 14.6. The first-order valence-corrected chi connectivity index (χ1v) is 10.4. The molecule has 3 aromatic carbocycles. The van der Waals surface area contributed by atoms with Gasteiger partial charge in [0.2, 0.25) is 11.5 Å². The first-order chi connectivity index (χ1) is 15.3. The summed E-state index contributed by atoms with van der Waals surface area (Å²) in [5.41, 5.74) is 3.98. The zero-order valence-electron chi connectivity index (χ0n) is 18.2. The van der Waals surface area contributed by atoms with E-state index in [1.165, 1.54) is 19.2 Å². The van der Waals surface area contributed by atoms with Gasteiger partial charge in [0.1, 0.15) is 5.75 Å². The third kappa shape index (κ3) is 5.04. The lowest BCUT2D eigenvalue weighted by Crippen LogP contribution is -2.56. The Morgan fingerprint density at radius 1 is 0.875 bits per heavy atom. The Bertz CT molecular complexity index is 1050. The molecule has 0 saturated heterocycles. The standard InChI is InChI=1S/C26H27NO5/c1-3-25(30,21-12-8-5-9-13-21)18-26(27,23(28)19-10-6-4-7-11-19)32-24(29)20-14-16-22(31-2)17-15-20/h4-17,30H,3,18,27H2,1-2H3. The van der Waals surface area contributed by atoms with E-state index in [9.17, 15) is 14.7 Å². The molecule has 6 heteroatoms. The number of hydrogen-bond acceptors (Lipinski definition) is 6. The summed E-state index contributed by atoms with van der Waals surface area (Å²) in [4.78, 5) is 26.4. The number of benzene rings is 3. The molecule has 0 radical (unpaired) electrons. The molecule has 3 rings (SSSR count). The van der Waals surface area contributed by atoms with Crippen molar-refractivity contribution in [2.75, 3.05) is 7.11 Å². The molecule has 166 valence electrons. The number of carbonyl (C=O) groups is 2. The van der Waals surface area contributed by atoms with Gasteiger partial charge in [-0.3, -0.25) is 10.5 Å². The first-order valence-electron chi connectivity index (χ1n) is 10.4. The molecule has 2 unspecified atom stereocenters. The number of hydrogen-bond donors (Lipinski definition) is 2. The molecule has 2 atom stereocenters. The maximum atomic E-state index is 13.4. The van der Waals surface area contributed by atoms with E-state index in [0.717, 1.165) is 0 Å². The van der Waals surface area contributed by atoms with Gasteiger partial charge in [-0.2, -0.15) is 0 Å². The van der Waals surface area contributed by atoms with E-state index in [0.29, 0.717) is 11.3 Å². The van der Waals surface area contributed by atoms with Crippen LogP contribution >= 0.6 is 0 Å². The summed E-state index contributed by atoms with van der Waals surface area (Å²) in [5, 5.41) is 11.4. The maximum absolute atomic E-state index is 13.4. The van der Waals surface area contributed by atoms with Crippen molar-refractivity contribution in [2.45, 2.75) is 31.1 Å². The zero-order valence-corrected chi connectivity index (χ0v) is 18.2. The van der Waals surface area contributed by atoms with Crippen LogP contribution in [0.4, 0.5) is 0 Å². The van der Waals surface area contributed by atoms with Crippen molar-refractivity contribution in [1.82, 2.24) is 0 Å². The van der Waals surface area contributed by atoms with Crippen LogP contribution in [0.2, 0.25) is 0 Å². The summed E-state index contributed by atoms with van der Waals surface area (Å²) < 4.78 is 10.7. The third-order valence-electron chi connectivity index (χ3n) is 5.47. The van der Waals surface area contributed by atoms with Crippen LogP contribution in [0.25, 0.3) is 0 Å². The SMILES string of the molecule is CCC(O)(CC(N)(OC(=O)c1ccc(OC)cc1)C(=O)c1ccccc1)c1ccccc1. The molecule has 0 aromatic heterocycles. The molecule has 0 aliphatic heterocycles. The van der Waals surface area contributed by atoms with Crippen LogP contribution in [-0.2, 0) is 10.3 Å². The molecular weight excluding hydrogens is 406 g/mol. The summed E-state index contributed by atoms with van der Waals surface area (Å²) in [6.07, 6.45) is -0.0474. The number of esters is 1. The van der Waals surface area contributed by atoms with Crippen LogP contribution < -0.4 is 10.5 Å². The quantitative estimate of drug-likeness (QED) is 0.300. The minimum absolute atomic E-state index is 0.209. The summed E-state index contributed by atoms with van der Waals surface area (Å²) in [6, 6.07) is 23.5. The minimum Gasteiger partial charge on any atom is -0.497 e. The lowest BCUT2D eigenvalue weighted by Gasteiger charge is -2.36. The number of nitrogens with two attached hydrogens (primary N) is 1. The van der Waals surface area contributed by atoms with E-state index in [1.54, 1.807) is 73.7 Å². The van der Waals surface area contributed by atoms with E-state index in [2.05, 4.69) is 0 Å². The van der Waals surface area contributed by atoms with Crippen molar-refractivity contribution in [3.8, 4) is 5.75 Å². The van der Waals surface area contributed by atoms with E-state index in [-0.39, 0.29) is 24.0 Å². The Morgan fingerprint density at radius 2 is 1.44 bits per heavy atom.